The summed E-state index contributed by atoms with van der Waals surface area (Å²) >= 11 is 0. The third-order valence-electron chi connectivity index (χ3n) is 3.38. The molecule has 2 aromatic carbocycles. The first-order chi connectivity index (χ1) is 11.4. The molecule has 5 nitrogen and oxygen atoms in total. The van der Waals surface area contributed by atoms with Crippen LogP contribution in [-0.2, 0) is 0 Å². The summed E-state index contributed by atoms with van der Waals surface area (Å²) in [6.45, 7) is 1.27. The van der Waals surface area contributed by atoms with Gasteiger partial charge in [-0.15, -0.1) is 0 Å². The monoisotopic (exact) mass is 326 g/mol. The van der Waals surface area contributed by atoms with Gasteiger partial charge in [-0.1, -0.05) is 0 Å². The van der Waals surface area contributed by atoms with Gasteiger partial charge in [-0.3, -0.25) is 4.79 Å². The molecular weight excluding hydrogens is 315 g/mol. The molecule has 120 valence electrons. The van der Waals surface area contributed by atoms with Crippen LogP contribution in [0, 0.1) is 5.82 Å². The first-order valence-corrected chi connectivity index (χ1v) is 7.00. The number of ether oxygens (including phenoxy) is 1. The molecule has 0 saturated heterocycles. The second-order valence-corrected chi connectivity index (χ2v) is 5.10. The Morgan fingerprint density at radius 1 is 1.04 bits per heavy atom. The molecule has 1 aromatic heterocycles. The first-order valence-electron chi connectivity index (χ1n) is 7.00. The molecule has 0 aliphatic carbocycles. The van der Waals surface area contributed by atoms with E-state index in [0.29, 0.717) is 5.39 Å². The van der Waals surface area contributed by atoms with Gasteiger partial charge in [0.05, 0.1) is 5.56 Å². The predicted octanol–water partition coefficient (Wildman–Crippen LogP) is 3.35. The van der Waals surface area contributed by atoms with Crippen molar-refractivity contribution in [3.05, 3.63) is 75.9 Å². The van der Waals surface area contributed by atoms with Gasteiger partial charge in [0, 0.05) is 11.5 Å². The van der Waals surface area contributed by atoms with Crippen LogP contribution in [0.15, 0.2) is 57.7 Å². The van der Waals surface area contributed by atoms with E-state index in [9.17, 15) is 18.8 Å². The molecule has 0 aliphatic heterocycles. The standard InChI is InChI=1S/C18H11FO5/c1-10(20)15-8-12-4-7-14(9-16(12)24-18(15)22)23-17(21)11-2-5-13(19)6-3-11/h2-9H,1H3. The number of carbonyl (C=O) groups is 2. The Morgan fingerprint density at radius 2 is 1.75 bits per heavy atom. The number of rotatable bonds is 3. The summed E-state index contributed by atoms with van der Waals surface area (Å²) in [5, 5.41) is 0.529. The molecule has 0 aliphatic rings. The van der Waals surface area contributed by atoms with Crippen molar-refractivity contribution in [2.24, 2.45) is 0 Å². The molecule has 6 heteroatoms. The molecule has 0 unspecified atom stereocenters. The molecule has 0 spiro atoms. The molecule has 1 heterocycles. The minimum atomic E-state index is -0.753. The summed E-state index contributed by atoms with van der Waals surface area (Å²) in [5.41, 5.74) is -0.421. The average molecular weight is 326 g/mol. The molecule has 3 aromatic rings. The van der Waals surface area contributed by atoms with Crippen molar-refractivity contribution in [3.63, 3.8) is 0 Å². The van der Waals surface area contributed by atoms with Crippen molar-refractivity contribution < 1.29 is 23.1 Å². The van der Waals surface area contributed by atoms with Gasteiger partial charge < -0.3 is 9.15 Å². The van der Waals surface area contributed by atoms with E-state index >= 15 is 0 Å². The number of halogens is 1. The number of ketones is 1. The average Bonchev–Trinajstić information content (AvgIpc) is 2.54. The Kier molecular flexibility index (Phi) is 3.95. The van der Waals surface area contributed by atoms with Crippen LogP contribution in [0.2, 0.25) is 0 Å². The summed E-state index contributed by atoms with van der Waals surface area (Å²) < 4.78 is 23.1. The fourth-order valence-corrected chi connectivity index (χ4v) is 2.15. The quantitative estimate of drug-likeness (QED) is 0.319. The van der Waals surface area contributed by atoms with Crippen LogP contribution >= 0.6 is 0 Å². The lowest BCUT2D eigenvalue weighted by molar-refractivity contribution is 0.0734. The number of carbonyl (C=O) groups excluding carboxylic acids is 2. The van der Waals surface area contributed by atoms with Crippen molar-refractivity contribution in [1.29, 1.82) is 0 Å². The maximum Gasteiger partial charge on any atom is 0.347 e. The van der Waals surface area contributed by atoms with Crippen LogP contribution < -0.4 is 10.4 Å². The Bertz CT molecular complexity index is 1000. The highest BCUT2D eigenvalue weighted by atomic mass is 19.1. The van der Waals surface area contributed by atoms with E-state index in [4.69, 9.17) is 9.15 Å². The molecule has 0 radical (unpaired) electrons. The van der Waals surface area contributed by atoms with Crippen molar-refractivity contribution in [2.75, 3.05) is 0 Å². The smallest absolute Gasteiger partial charge is 0.347 e. The second kappa shape index (κ2) is 6.08. The van der Waals surface area contributed by atoms with Crippen LogP contribution in [0.3, 0.4) is 0 Å². The number of esters is 1. The van der Waals surface area contributed by atoms with Crippen molar-refractivity contribution in [3.8, 4) is 5.75 Å². The van der Waals surface area contributed by atoms with Gasteiger partial charge in [0.25, 0.3) is 0 Å². The van der Waals surface area contributed by atoms with E-state index < -0.39 is 23.2 Å². The molecule has 0 amide bonds. The van der Waals surface area contributed by atoms with Gasteiger partial charge >= 0.3 is 11.6 Å². The SMILES string of the molecule is CC(=O)c1cc2ccc(OC(=O)c3ccc(F)cc3)cc2oc1=O. The number of benzene rings is 2. The second-order valence-electron chi connectivity index (χ2n) is 5.10. The lowest BCUT2D eigenvalue weighted by Crippen LogP contribution is -2.11. The van der Waals surface area contributed by atoms with E-state index in [1.165, 1.54) is 37.3 Å². The van der Waals surface area contributed by atoms with Gasteiger partial charge in [-0.25, -0.2) is 14.0 Å². The molecule has 0 fully saturated rings. The van der Waals surface area contributed by atoms with Gasteiger partial charge in [0.2, 0.25) is 0 Å². The maximum absolute atomic E-state index is 12.9. The van der Waals surface area contributed by atoms with Gasteiger partial charge in [0.15, 0.2) is 5.78 Å². The third kappa shape index (κ3) is 3.08. The zero-order valence-electron chi connectivity index (χ0n) is 12.5. The number of Topliss-reactive ketones (excluding diaryl/α,β-unsaturated/α-hetero) is 1. The van der Waals surface area contributed by atoms with Crippen molar-refractivity contribution >= 4 is 22.7 Å². The van der Waals surface area contributed by atoms with E-state index in [0.717, 1.165) is 12.1 Å². The van der Waals surface area contributed by atoms with Crippen molar-refractivity contribution in [2.45, 2.75) is 6.92 Å². The molecule has 3 rings (SSSR count). The van der Waals surface area contributed by atoms with Crippen molar-refractivity contribution in [1.82, 2.24) is 0 Å². The summed E-state index contributed by atoms with van der Waals surface area (Å²) in [4.78, 5) is 35.1. The number of fused-ring (bicyclic) bond motifs is 1. The van der Waals surface area contributed by atoms with Gasteiger partial charge in [-0.05, 0) is 49.4 Å². The number of hydrogen-bond acceptors (Lipinski definition) is 5. The van der Waals surface area contributed by atoms with Gasteiger partial charge in [0.1, 0.15) is 22.7 Å². The van der Waals surface area contributed by atoms with Gasteiger partial charge in [-0.2, -0.15) is 0 Å². The van der Waals surface area contributed by atoms with E-state index in [1.54, 1.807) is 6.07 Å². The van der Waals surface area contributed by atoms with E-state index in [2.05, 4.69) is 0 Å². The summed E-state index contributed by atoms with van der Waals surface area (Å²) in [6, 6.07) is 10.8. The molecule has 0 N–H and O–H groups in total. The molecule has 0 atom stereocenters. The Morgan fingerprint density at radius 3 is 2.42 bits per heavy atom. The van der Waals surface area contributed by atoms with Crippen LogP contribution in [0.25, 0.3) is 11.0 Å². The largest absolute Gasteiger partial charge is 0.423 e. The normalized spacial score (nSPS) is 10.6. The molecular formula is C18H11FO5. The first kappa shape index (κ1) is 15.6. The summed E-state index contributed by atoms with van der Waals surface area (Å²) in [7, 11) is 0. The van der Waals surface area contributed by atoms with E-state index in [-0.39, 0.29) is 22.5 Å². The van der Waals surface area contributed by atoms with Crippen LogP contribution in [0.1, 0.15) is 27.6 Å². The summed E-state index contributed by atoms with van der Waals surface area (Å²) in [6.07, 6.45) is 0. The predicted molar refractivity (Wildman–Crippen MR) is 83.8 cm³/mol. The lowest BCUT2D eigenvalue weighted by Gasteiger charge is -2.05. The highest BCUT2D eigenvalue weighted by Crippen LogP contribution is 2.21. The molecule has 24 heavy (non-hydrogen) atoms. The van der Waals surface area contributed by atoms with Crippen LogP contribution in [-0.4, -0.2) is 11.8 Å². The highest BCUT2D eigenvalue weighted by Gasteiger charge is 2.12. The Balaban J connectivity index is 1.92. The number of hydrogen-bond donors (Lipinski definition) is 0. The molecule has 0 saturated carbocycles. The Hall–Kier alpha value is -3.28. The fourth-order valence-electron chi connectivity index (χ4n) is 2.15. The van der Waals surface area contributed by atoms with Crippen LogP contribution in [0.5, 0.6) is 5.75 Å². The topological polar surface area (TPSA) is 73.6 Å². The summed E-state index contributed by atoms with van der Waals surface area (Å²) in [5.74, 6) is -1.36. The highest BCUT2D eigenvalue weighted by molar-refractivity contribution is 5.97. The zero-order valence-corrected chi connectivity index (χ0v) is 12.5. The minimum absolute atomic E-state index is 0.0430. The zero-order chi connectivity index (χ0) is 17.3. The Labute approximate surface area is 135 Å². The van der Waals surface area contributed by atoms with Crippen LogP contribution in [0.4, 0.5) is 4.39 Å². The third-order valence-corrected chi connectivity index (χ3v) is 3.38. The minimum Gasteiger partial charge on any atom is -0.423 e. The maximum atomic E-state index is 12.9. The lowest BCUT2D eigenvalue weighted by atomic mass is 10.1. The molecule has 0 bridgehead atoms. The van der Waals surface area contributed by atoms with E-state index in [1.807, 2.05) is 0 Å². The fraction of sp³-hybridized carbons (Fsp3) is 0.0556.